The molecule has 4 nitrogen and oxygen atoms in total. The lowest BCUT2D eigenvalue weighted by atomic mass is 9.89. The normalized spacial score (nSPS) is 15.3. The first-order valence-corrected chi connectivity index (χ1v) is 7.48. The Kier molecular flexibility index (Phi) is 4.15. The van der Waals surface area contributed by atoms with E-state index in [2.05, 4.69) is 9.88 Å². The third kappa shape index (κ3) is 2.99. The molecule has 1 aliphatic heterocycles. The van der Waals surface area contributed by atoms with Crippen molar-refractivity contribution in [1.29, 1.82) is 5.26 Å². The van der Waals surface area contributed by atoms with Crippen molar-refractivity contribution in [3.05, 3.63) is 59.9 Å². The van der Waals surface area contributed by atoms with Crippen LogP contribution < -0.4 is 4.90 Å². The number of hydrogen-bond donors (Lipinski definition) is 0. The molecule has 0 unspecified atom stereocenters. The van der Waals surface area contributed by atoms with Gasteiger partial charge in [0, 0.05) is 24.6 Å². The second kappa shape index (κ2) is 6.40. The molecule has 110 valence electrons. The Morgan fingerprint density at radius 3 is 2.45 bits per heavy atom. The highest BCUT2D eigenvalue weighted by molar-refractivity contribution is 5.97. The standard InChI is InChI=1S/C18H17N3O/c19-12-16-6-7-17(13-20-16)21-10-8-15(9-11-21)18(22)14-4-2-1-3-5-14/h1-7,13,15H,8-11H2. The summed E-state index contributed by atoms with van der Waals surface area (Å²) in [5.74, 6) is 0.350. The van der Waals surface area contributed by atoms with E-state index in [1.165, 1.54) is 0 Å². The molecule has 4 heteroatoms. The van der Waals surface area contributed by atoms with E-state index in [-0.39, 0.29) is 11.7 Å². The monoisotopic (exact) mass is 291 g/mol. The van der Waals surface area contributed by atoms with Crippen LogP contribution in [0.15, 0.2) is 48.7 Å². The van der Waals surface area contributed by atoms with Gasteiger partial charge in [0.25, 0.3) is 0 Å². The molecule has 22 heavy (non-hydrogen) atoms. The highest BCUT2D eigenvalue weighted by Gasteiger charge is 2.25. The Labute approximate surface area is 130 Å². The van der Waals surface area contributed by atoms with Crippen molar-refractivity contribution in [2.24, 2.45) is 5.92 Å². The SMILES string of the molecule is N#Cc1ccc(N2CCC(C(=O)c3ccccc3)CC2)cn1. The number of ketones is 1. The number of nitriles is 1. The van der Waals surface area contributed by atoms with Crippen LogP contribution in [0.1, 0.15) is 28.9 Å². The first kappa shape index (κ1) is 14.3. The lowest BCUT2D eigenvalue weighted by Crippen LogP contribution is -2.36. The van der Waals surface area contributed by atoms with E-state index in [0.29, 0.717) is 5.69 Å². The van der Waals surface area contributed by atoms with Crippen LogP contribution in [0.25, 0.3) is 0 Å². The summed E-state index contributed by atoms with van der Waals surface area (Å²) in [6.07, 6.45) is 3.44. The van der Waals surface area contributed by atoms with Crippen LogP contribution in [0.5, 0.6) is 0 Å². The van der Waals surface area contributed by atoms with Gasteiger partial charge in [-0.25, -0.2) is 4.98 Å². The van der Waals surface area contributed by atoms with E-state index in [1.807, 2.05) is 42.5 Å². The zero-order valence-electron chi connectivity index (χ0n) is 12.3. The molecule has 0 atom stereocenters. The molecule has 1 aromatic heterocycles. The van der Waals surface area contributed by atoms with Crippen LogP contribution in [0.4, 0.5) is 5.69 Å². The minimum atomic E-state index is 0.102. The van der Waals surface area contributed by atoms with E-state index < -0.39 is 0 Å². The van der Waals surface area contributed by atoms with Crippen molar-refractivity contribution in [3.8, 4) is 6.07 Å². The van der Waals surface area contributed by atoms with E-state index in [4.69, 9.17) is 5.26 Å². The van der Waals surface area contributed by atoms with Gasteiger partial charge in [0.05, 0.1) is 11.9 Å². The molecule has 0 N–H and O–H groups in total. The number of benzene rings is 1. The van der Waals surface area contributed by atoms with Gasteiger partial charge in [0.2, 0.25) is 0 Å². The van der Waals surface area contributed by atoms with Crippen LogP contribution in [-0.2, 0) is 0 Å². The van der Waals surface area contributed by atoms with Crippen molar-refractivity contribution in [3.63, 3.8) is 0 Å². The molecule has 0 bridgehead atoms. The van der Waals surface area contributed by atoms with Crippen LogP contribution >= 0.6 is 0 Å². The molecular weight excluding hydrogens is 274 g/mol. The summed E-state index contributed by atoms with van der Waals surface area (Å²) in [4.78, 5) is 18.8. The largest absolute Gasteiger partial charge is 0.370 e. The third-order valence-electron chi connectivity index (χ3n) is 4.15. The van der Waals surface area contributed by atoms with Gasteiger partial charge in [-0.05, 0) is 25.0 Å². The molecule has 1 fully saturated rings. The molecule has 3 rings (SSSR count). The first-order valence-electron chi connectivity index (χ1n) is 7.48. The third-order valence-corrected chi connectivity index (χ3v) is 4.15. The van der Waals surface area contributed by atoms with Crippen molar-refractivity contribution in [1.82, 2.24) is 4.98 Å². The Morgan fingerprint density at radius 2 is 1.86 bits per heavy atom. The zero-order valence-corrected chi connectivity index (χ0v) is 12.3. The predicted octanol–water partition coefficient (Wildman–Crippen LogP) is 3.05. The lowest BCUT2D eigenvalue weighted by Gasteiger charge is -2.32. The summed E-state index contributed by atoms with van der Waals surface area (Å²) in [6.45, 7) is 1.69. The van der Waals surface area contributed by atoms with Crippen molar-refractivity contribution >= 4 is 11.5 Å². The van der Waals surface area contributed by atoms with Crippen LogP contribution in [0, 0.1) is 17.2 Å². The maximum atomic E-state index is 12.5. The van der Waals surface area contributed by atoms with Gasteiger partial charge in [-0.2, -0.15) is 5.26 Å². The summed E-state index contributed by atoms with van der Waals surface area (Å²) in [6, 6.07) is 15.2. The molecule has 1 saturated heterocycles. The van der Waals surface area contributed by atoms with E-state index >= 15 is 0 Å². The second-order valence-corrected chi connectivity index (χ2v) is 5.51. The second-order valence-electron chi connectivity index (χ2n) is 5.51. The molecule has 2 aromatic rings. The molecule has 0 spiro atoms. The number of rotatable bonds is 3. The maximum absolute atomic E-state index is 12.5. The minimum Gasteiger partial charge on any atom is -0.370 e. The highest BCUT2D eigenvalue weighted by atomic mass is 16.1. The Balaban J connectivity index is 1.62. The van der Waals surface area contributed by atoms with Crippen molar-refractivity contribution in [2.45, 2.75) is 12.8 Å². The number of aromatic nitrogens is 1. The summed E-state index contributed by atoms with van der Waals surface area (Å²) < 4.78 is 0. The molecular formula is C18H17N3O. The summed E-state index contributed by atoms with van der Waals surface area (Å²) in [7, 11) is 0. The zero-order chi connectivity index (χ0) is 15.4. The number of Topliss-reactive ketones (excluding diaryl/α,β-unsaturated/α-hetero) is 1. The molecule has 0 radical (unpaired) electrons. The average molecular weight is 291 g/mol. The van der Waals surface area contributed by atoms with Gasteiger partial charge >= 0.3 is 0 Å². The number of pyridine rings is 1. The molecule has 1 aromatic carbocycles. The number of hydrogen-bond acceptors (Lipinski definition) is 4. The molecule has 1 aliphatic rings. The summed E-state index contributed by atoms with van der Waals surface area (Å²) >= 11 is 0. The number of piperidine rings is 1. The highest BCUT2D eigenvalue weighted by Crippen LogP contribution is 2.25. The van der Waals surface area contributed by atoms with Crippen molar-refractivity contribution in [2.75, 3.05) is 18.0 Å². The number of anilines is 1. The van der Waals surface area contributed by atoms with Crippen molar-refractivity contribution < 1.29 is 4.79 Å². The summed E-state index contributed by atoms with van der Waals surface area (Å²) in [5.41, 5.74) is 2.25. The van der Waals surface area contributed by atoms with E-state index in [9.17, 15) is 4.79 Å². The summed E-state index contributed by atoms with van der Waals surface area (Å²) in [5, 5.41) is 8.78. The van der Waals surface area contributed by atoms with Gasteiger partial charge < -0.3 is 4.90 Å². The number of carbonyl (C=O) groups excluding carboxylic acids is 1. The fraction of sp³-hybridized carbons (Fsp3) is 0.278. The number of nitrogens with zero attached hydrogens (tertiary/aromatic N) is 3. The molecule has 0 saturated carbocycles. The van der Waals surface area contributed by atoms with Gasteiger partial charge in [-0.15, -0.1) is 0 Å². The lowest BCUT2D eigenvalue weighted by molar-refractivity contribution is 0.0900. The topological polar surface area (TPSA) is 57.0 Å². The molecule has 2 heterocycles. The van der Waals surface area contributed by atoms with Gasteiger partial charge in [-0.1, -0.05) is 30.3 Å². The first-order chi connectivity index (χ1) is 10.8. The fourth-order valence-corrected chi connectivity index (χ4v) is 2.88. The Bertz CT molecular complexity index is 681. The van der Waals surface area contributed by atoms with Gasteiger partial charge in [-0.3, -0.25) is 4.79 Å². The van der Waals surface area contributed by atoms with E-state index in [1.54, 1.807) is 12.3 Å². The van der Waals surface area contributed by atoms with Crippen LogP contribution in [0.3, 0.4) is 0 Å². The van der Waals surface area contributed by atoms with E-state index in [0.717, 1.165) is 37.2 Å². The molecule has 0 aliphatic carbocycles. The average Bonchev–Trinajstić information content (AvgIpc) is 2.62. The van der Waals surface area contributed by atoms with Crippen LogP contribution in [-0.4, -0.2) is 23.9 Å². The van der Waals surface area contributed by atoms with Gasteiger partial charge in [0.15, 0.2) is 5.78 Å². The van der Waals surface area contributed by atoms with Crippen LogP contribution in [0.2, 0.25) is 0 Å². The number of carbonyl (C=O) groups is 1. The minimum absolute atomic E-state index is 0.102. The molecule has 0 amide bonds. The predicted molar refractivity (Wildman–Crippen MR) is 84.7 cm³/mol. The Morgan fingerprint density at radius 1 is 1.14 bits per heavy atom. The fourth-order valence-electron chi connectivity index (χ4n) is 2.88. The smallest absolute Gasteiger partial charge is 0.166 e. The van der Waals surface area contributed by atoms with Gasteiger partial charge in [0.1, 0.15) is 11.8 Å². The Hall–Kier alpha value is -2.67. The maximum Gasteiger partial charge on any atom is 0.166 e. The quantitative estimate of drug-likeness (QED) is 0.816.